The van der Waals surface area contributed by atoms with Crippen LogP contribution in [0.5, 0.6) is 0 Å². The Bertz CT molecular complexity index is 2090. The molecule has 233 valence electrons. The number of rotatable bonds is 5. The topological polar surface area (TPSA) is 51.8 Å². The number of nitrogens with zero attached hydrogens (tertiary/aromatic N) is 3. The van der Waals surface area contributed by atoms with Crippen LogP contribution >= 0.6 is 0 Å². The standard InChI is InChI=1S/C20H20NSi.C19H14FN2O.Ir/c1-22(2,3)20-15-21-19(17-12-8-5-9-13-17)14-18(20)16-10-6-4-7-11-16;1-11(2)12-6-7-21-17(8-12)15-5-3-4-14-16-9-13(20)10-22-19(16)23-18(14)15;/h4-12,14-15H,1-3H3;3-4,6-11H,1-2H3;/q2*-1;. The molecule has 0 bridgehead atoms. The van der Waals surface area contributed by atoms with Gasteiger partial charge in [0.25, 0.3) is 0 Å². The van der Waals surface area contributed by atoms with Gasteiger partial charge in [0.2, 0.25) is 5.71 Å². The van der Waals surface area contributed by atoms with Crippen molar-refractivity contribution in [3.8, 4) is 33.6 Å². The Morgan fingerprint density at radius 2 is 1.54 bits per heavy atom. The first kappa shape index (κ1) is 33.1. The summed E-state index contributed by atoms with van der Waals surface area (Å²) in [5, 5.41) is 2.88. The molecule has 1 radical (unpaired) electrons. The molecule has 46 heavy (non-hydrogen) atoms. The second-order valence-electron chi connectivity index (χ2n) is 12.3. The Morgan fingerprint density at radius 3 is 2.26 bits per heavy atom. The van der Waals surface area contributed by atoms with Gasteiger partial charge >= 0.3 is 0 Å². The van der Waals surface area contributed by atoms with E-state index in [1.807, 2.05) is 36.4 Å². The van der Waals surface area contributed by atoms with E-state index in [0.717, 1.165) is 34.1 Å². The molecule has 0 saturated heterocycles. The number of furan rings is 1. The van der Waals surface area contributed by atoms with E-state index in [9.17, 15) is 4.39 Å². The number of fused-ring (bicyclic) bond motifs is 3. The molecule has 7 heteroatoms. The summed E-state index contributed by atoms with van der Waals surface area (Å²) >= 11 is 0. The number of pyridine rings is 3. The van der Waals surface area contributed by atoms with Gasteiger partial charge in [-0.3, -0.25) is 0 Å². The van der Waals surface area contributed by atoms with Gasteiger partial charge in [0.1, 0.15) is 5.82 Å². The van der Waals surface area contributed by atoms with Crippen LogP contribution in [0.15, 0.2) is 114 Å². The Labute approximate surface area is 284 Å². The van der Waals surface area contributed by atoms with Gasteiger partial charge < -0.3 is 14.4 Å². The molecule has 0 aliphatic carbocycles. The van der Waals surface area contributed by atoms with E-state index in [2.05, 4.69) is 104 Å². The number of halogens is 1. The summed E-state index contributed by atoms with van der Waals surface area (Å²) in [4.78, 5) is 13.2. The quantitative estimate of drug-likeness (QED) is 0.129. The van der Waals surface area contributed by atoms with Crippen molar-refractivity contribution in [1.29, 1.82) is 0 Å². The summed E-state index contributed by atoms with van der Waals surface area (Å²) in [5.41, 5.74) is 8.41. The first-order valence-electron chi connectivity index (χ1n) is 15.1. The van der Waals surface area contributed by atoms with Crippen molar-refractivity contribution in [3.63, 3.8) is 0 Å². The van der Waals surface area contributed by atoms with Crippen molar-refractivity contribution in [2.75, 3.05) is 0 Å². The Balaban J connectivity index is 0.000000178. The zero-order valence-electron chi connectivity index (χ0n) is 26.4. The zero-order chi connectivity index (χ0) is 31.6. The van der Waals surface area contributed by atoms with Gasteiger partial charge in [-0.25, -0.2) is 9.37 Å². The molecule has 0 aliphatic rings. The fourth-order valence-electron chi connectivity index (χ4n) is 5.34. The number of hydrogen-bond donors (Lipinski definition) is 0. The van der Waals surface area contributed by atoms with Gasteiger partial charge in [-0.1, -0.05) is 92.5 Å². The molecule has 0 unspecified atom stereocenters. The van der Waals surface area contributed by atoms with E-state index < -0.39 is 8.07 Å². The Hall–Kier alpha value is -4.29. The van der Waals surface area contributed by atoms with Crippen LogP contribution in [-0.4, -0.2) is 23.0 Å². The molecule has 7 rings (SSSR count). The third-order valence-corrected chi connectivity index (χ3v) is 9.76. The molecule has 0 fully saturated rings. The van der Waals surface area contributed by atoms with Gasteiger partial charge in [0.05, 0.1) is 19.9 Å². The van der Waals surface area contributed by atoms with Crippen LogP contribution in [0.1, 0.15) is 25.3 Å². The molecule has 0 atom stereocenters. The maximum absolute atomic E-state index is 13.5. The molecule has 4 heterocycles. The molecular formula is C39H34FIrN3OSi-2. The molecule has 4 nitrogen and oxygen atoms in total. The summed E-state index contributed by atoms with van der Waals surface area (Å²) in [6, 6.07) is 36.4. The number of aromatic nitrogens is 3. The van der Waals surface area contributed by atoms with Crippen LogP contribution in [0.3, 0.4) is 0 Å². The summed E-state index contributed by atoms with van der Waals surface area (Å²) in [7, 11) is -1.46. The molecule has 4 aromatic heterocycles. The molecule has 0 N–H and O–H groups in total. The third-order valence-electron chi connectivity index (χ3n) is 7.74. The zero-order valence-corrected chi connectivity index (χ0v) is 29.8. The average molecular weight is 800 g/mol. The van der Waals surface area contributed by atoms with Crippen LogP contribution in [0, 0.1) is 17.9 Å². The van der Waals surface area contributed by atoms with Crippen LogP contribution in [-0.2, 0) is 20.1 Å². The van der Waals surface area contributed by atoms with E-state index in [1.54, 1.807) is 12.3 Å². The van der Waals surface area contributed by atoms with Crippen molar-refractivity contribution < 1.29 is 28.9 Å². The van der Waals surface area contributed by atoms with E-state index in [0.29, 0.717) is 22.6 Å². The molecule has 0 spiro atoms. The molecule has 3 aromatic carbocycles. The molecular weight excluding hydrogens is 766 g/mol. The van der Waals surface area contributed by atoms with Crippen LogP contribution in [0.4, 0.5) is 4.39 Å². The van der Waals surface area contributed by atoms with Crippen LogP contribution in [0.25, 0.3) is 55.7 Å². The normalized spacial score (nSPS) is 11.3. The maximum Gasteiger partial charge on any atom is 0.216 e. The monoisotopic (exact) mass is 800 g/mol. The fourth-order valence-corrected chi connectivity index (χ4v) is 6.82. The number of hydrogen-bond acceptors (Lipinski definition) is 4. The minimum absolute atomic E-state index is 0. The van der Waals surface area contributed by atoms with Crippen molar-refractivity contribution in [2.45, 2.75) is 39.4 Å². The molecule has 0 saturated carbocycles. The summed E-state index contributed by atoms with van der Waals surface area (Å²) in [6.07, 6.45) is 5.02. The minimum Gasteiger partial charge on any atom is -0.486 e. The SMILES string of the molecule is CC(C)c1ccnc(-c2[c-]ccc3c2oc2ncc(F)cc23)c1.C[Si](C)(C)c1cnc(-c2[c-]cccc2)cc1-c1ccccc1.[Ir]. The Morgan fingerprint density at radius 1 is 0.761 bits per heavy atom. The predicted octanol–water partition coefficient (Wildman–Crippen LogP) is 9.86. The fraction of sp³-hybridized carbons (Fsp3) is 0.154. The van der Waals surface area contributed by atoms with Gasteiger partial charge in [-0.15, -0.1) is 54.1 Å². The molecule has 0 aliphatic heterocycles. The van der Waals surface area contributed by atoms with Crippen molar-refractivity contribution in [1.82, 2.24) is 15.0 Å². The van der Waals surface area contributed by atoms with Gasteiger partial charge in [0, 0.05) is 37.9 Å². The summed E-state index contributed by atoms with van der Waals surface area (Å²) in [5.74, 6) is 0.0249. The van der Waals surface area contributed by atoms with Gasteiger partial charge in [-0.2, -0.15) is 0 Å². The van der Waals surface area contributed by atoms with Gasteiger partial charge in [0.15, 0.2) is 0 Å². The molecule has 7 aromatic rings. The second kappa shape index (κ2) is 14.0. The van der Waals surface area contributed by atoms with Crippen molar-refractivity contribution in [2.24, 2.45) is 0 Å². The first-order valence-corrected chi connectivity index (χ1v) is 18.6. The maximum atomic E-state index is 13.5. The second-order valence-corrected chi connectivity index (χ2v) is 17.4. The van der Waals surface area contributed by atoms with Crippen molar-refractivity contribution in [3.05, 3.63) is 133 Å². The van der Waals surface area contributed by atoms with Crippen LogP contribution < -0.4 is 5.19 Å². The first-order chi connectivity index (χ1) is 21.7. The Kier molecular flexibility index (Phi) is 10.1. The van der Waals surface area contributed by atoms with Crippen molar-refractivity contribution >= 4 is 35.3 Å². The summed E-state index contributed by atoms with van der Waals surface area (Å²) < 4.78 is 19.3. The van der Waals surface area contributed by atoms with E-state index in [4.69, 9.17) is 9.40 Å². The van der Waals surface area contributed by atoms with E-state index in [1.165, 1.54) is 27.9 Å². The van der Waals surface area contributed by atoms with Crippen LogP contribution in [0.2, 0.25) is 19.6 Å². The summed E-state index contributed by atoms with van der Waals surface area (Å²) in [6.45, 7) is 11.4. The van der Waals surface area contributed by atoms with E-state index >= 15 is 0 Å². The number of benzene rings is 3. The third kappa shape index (κ3) is 7.07. The largest absolute Gasteiger partial charge is 0.486 e. The average Bonchev–Trinajstić information content (AvgIpc) is 3.43. The minimum atomic E-state index is -1.46. The van der Waals surface area contributed by atoms with Gasteiger partial charge in [-0.05, 0) is 45.8 Å². The molecule has 0 amide bonds. The predicted molar refractivity (Wildman–Crippen MR) is 185 cm³/mol. The van der Waals surface area contributed by atoms with E-state index in [-0.39, 0.29) is 25.9 Å². The smallest absolute Gasteiger partial charge is 0.216 e.